The van der Waals surface area contributed by atoms with Crippen molar-refractivity contribution in [3.63, 3.8) is 0 Å². The van der Waals surface area contributed by atoms with Crippen LogP contribution in [0.25, 0.3) is 0 Å². The Morgan fingerprint density at radius 1 is 1.13 bits per heavy atom. The molecule has 0 aliphatic carbocycles. The van der Waals surface area contributed by atoms with E-state index in [9.17, 15) is 9.59 Å². The van der Waals surface area contributed by atoms with Crippen LogP contribution >= 0.6 is 11.6 Å². The number of halogens is 1. The highest BCUT2D eigenvalue weighted by Gasteiger charge is 2.36. The molecule has 0 fully saturated rings. The number of ether oxygens (including phenoxy) is 1. The third kappa shape index (κ3) is 2.94. The lowest BCUT2D eigenvalue weighted by Crippen LogP contribution is -2.48. The number of para-hydroxylation sites is 1. The number of aryl methyl sites for hydroxylation is 1. The summed E-state index contributed by atoms with van der Waals surface area (Å²) >= 11 is 5.89. The largest absolute Gasteiger partial charge is 0.467 e. The number of amides is 1. The first kappa shape index (κ1) is 15.6. The minimum absolute atomic E-state index is 0.232. The number of carbonyl (C=O) groups excluding carboxylic acids is 2. The topological polar surface area (TPSA) is 46.6 Å². The van der Waals surface area contributed by atoms with Crippen molar-refractivity contribution in [2.75, 3.05) is 12.0 Å². The number of nitrogens with zero attached hydrogens (tertiary/aromatic N) is 1. The Hall–Kier alpha value is -2.33. The maximum atomic E-state index is 13.0. The fraction of sp³-hybridized carbons (Fsp3) is 0.222. The Morgan fingerprint density at radius 3 is 2.52 bits per heavy atom. The molecular formula is C18H16ClNO3. The molecule has 3 rings (SSSR count). The number of hydrogen-bond donors (Lipinski definition) is 0. The van der Waals surface area contributed by atoms with Crippen molar-refractivity contribution in [3.05, 3.63) is 64.7 Å². The molecule has 0 bridgehead atoms. The number of carbonyl (C=O) groups is 2. The van der Waals surface area contributed by atoms with Crippen molar-refractivity contribution < 1.29 is 14.3 Å². The Bertz CT molecular complexity index is 742. The minimum Gasteiger partial charge on any atom is -0.467 e. The summed E-state index contributed by atoms with van der Waals surface area (Å²) < 4.78 is 4.89. The number of rotatable bonds is 2. The van der Waals surface area contributed by atoms with Crippen molar-refractivity contribution >= 4 is 29.2 Å². The van der Waals surface area contributed by atoms with Gasteiger partial charge in [-0.3, -0.25) is 9.69 Å². The van der Waals surface area contributed by atoms with Gasteiger partial charge in [0.1, 0.15) is 6.04 Å². The van der Waals surface area contributed by atoms with Gasteiger partial charge in [-0.15, -0.1) is 0 Å². The number of hydrogen-bond acceptors (Lipinski definition) is 3. The van der Waals surface area contributed by atoms with Crippen molar-refractivity contribution in [3.8, 4) is 0 Å². The van der Waals surface area contributed by atoms with Gasteiger partial charge in [0.05, 0.1) is 7.11 Å². The number of methoxy groups -OCH3 is 1. The summed E-state index contributed by atoms with van der Waals surface area (Å²) in [5, 5.41) is 0.560. The second kappa shape index (κ2) is 6.42. The van der Waals surface area contributed by atoms with Gasteiger partial charge in [-0.1, -0.05) is 29.8 Å². The third-order valence-corrected chi connectivity index (χ3v) is 4.29. The maximum Gasteiger partial charge on any atom is 0.328 e. The highest BCUT2D eigenvalue weighted by atomic mass is 35.5. The average molecular weight is 330 g/mol. The van der Waals surface area contributed by atoms with Crippen LogP contribution < -0.4 is 4.90 Å². The van der Waals surface area contributed by atoms with Gasteiger partial charge in [-0.05, 0) is 48.7 Å². The van der Waals surface area contributed by atoms with Gasteiger partial charge < -0.3 is 4.74 Å². The molecule has 23 heavy (non-hydrogen) atoms. The minimum atomic E-state index is -0.613. The van der Waals surface area contributed by atoms with Crippen LogP contribution in [0, 0.1) is 0 Å². The Morgan fingerprint density at radius 2 is 1.83 bits per heavy atom. The Labute approximate surface area is 139 Å². The molecular weight excluding hydrogens is 314 g/mol. The quantitative estimate of drug-likeness (QED) is 0.792. The summed E-state index contributed by atoms with van der Waals surface area (Å²) in [4.78, 5) is 26.7. The summed E-state index contributed by atoms with van der Waals surface area (Å²) in [5.41, 5.74) is 2.30. The van der Waals surface area contributed by atoms with E-state index in [0.29, 0.717) is 17.0 Å². The summed E-state index contributed by atoms with van der Waals surface area (Å²) in [5.74, 6) is -0.633. The summed E-state index contributed by atoms with van der Waals surface area (Å²) in [6.45, 7) is 0. The van der Waals surface area contributed by atoms with Crippen LogP contribution in [0.4, 0.5) is 5.69 Å². The predicted octanol–water partition coefficient (Wildman–Crippen LogP) is 3.47. The number of esters is 1. The first-order chi connectivity index (χ1) is 11.1. The van der Waals surface area contributed by atoms with E-state index < -0.39 is 12.0 Å². The molecule has 2 aromatic carbocycles. The summed E-state index contributed by atoms with van der Waals surface area (Å²) in [7, 11) is 1.34. The molecule has 1 atom stereocenters. The molecule has 1 heterocycles. The van der Waals surface area contributed by atoms with Crippen LogP contribution in [-0.4, -0.2) is 25.0 Å². The molecule has 0 unspecified atom stereocenters. The Kier molecular flexibility index (Phi) is 4.35. The fourth-order valence-corrected chi connectivity index (χ4v) is 3.01. The summed E-state index contributed by atoms with van der Waals surface area (Å²) in [6, 6.07) is 13.7. The number of fused-ring (bicyclic) bond motifs is 1. The second-order valence-corrected chi connectivity index (χ2v) is 5.82. The van der Waals surface area contributed by atoms with E-state index in [0.717, 1.165) is 17.7 Å². The van der Waals surface area contributed by atoms with Crippen LogP contribution in [0.15, 0.2) is 48.5 Å². The highest BCUT2D eigenvalue weighted by Crippen LogP contribution is 2.32. The van der Waals surface area contributed by atoms with Crippen molar-refractivity contribution in [1.29, 1.82) is 0 Å². The first-order valence-corrected chi connectivity index (χ1v) is 7.74. The highest BCUT2D eigenvalue weighted by molar-refractivity contribution is 6.30. The van der Waals surface area contributed by atoms with E-state index in [1.807, 2.05) is 24.3 Å². The normalized spacial score (nSPS) is 16.6. The molecule has 0 saturated heterocycles. The van der Waals surface area contributed by atoms with Gasteiger partial charge in [0.2, 0.25) is 0 Å². The lowest BCUT2D eigenvalue weighted by Gasteiger charge is -2.35. The zero-order valence-corrected chi connectivity index (χ0v) is 13.4. The molecule has 4 nitrogen and oxygen atoms in total. The van der Waals surface area contributed by atoms with Crippen LogP contribution in [0.2, 0.25) is 5.02 Å². The van der Waals surface area contributed by atoms with E-state index in [1.165, 1.54) is 12.0 Å². The molecule has 0 spiro atoms. The zero-order chi connectivity index (χ0) is 16.4. The second-order valence-electron chi connectivity index (χ2n) is 5.39. The summed E-state index contributed by atoms with van der Waals surface area (Å²) in [6.07, 6.45) is 1.28. The van der Waals surface area contributed by atoms with E-state index in [1.54, 1.807) is 24.3 Å². The van der Waals surface area contributed by atoms with Crippen LogP contribution in [-0.2, 0) is 16.0 Å². The van der Waals surface area contributed by atoms with Crippen molar-refractivity contribution in [2.45, 2.75) is 18.9 Å². The van der Waals surface area contributed by atoms with E-state index >= 15 is 0 Å². The average Bonchev–Trinajstić information content (AvgIpc) is 2.60. The lowest BCUT2D eigenvalue weighted by molar-refractivity contribution is -0.142. The molecule has 0 aromatic heterocycles. The molecule has 0 N–H and O–H groups in total. The van der Waals surface area contributed by atoms with E-state index in [4.69, 9.17) is 16.3 Å². The molecule has 1 aliphatic heterocycles. The van der Waals surface area contributed by atoms with Gasteiger partial charge in [0, 0.05) is 16.3 Å². The SMILES string of the molecule is COC(=O)[C@@H]1CCc2ccccc2N1C(=O)c1ccc(Cl)cc1. The van der Waals surface area contributed by atoms with Gasteiger partial charge >= 0.3 is 5.97 Å². The zero-order valence-electron chi connectivity index (χ0n) is 12.7. The maximum absolute atomic E-state index is 13.0. The molecule has 0 radical (unpaired) electrons. The fourth-order valence-electron chi connectivity index (χ4n) is 2.89. The van der Waals surface area contributed by atoms with Crippen molar-refractivity contribution in [1.82, 2.24) is 0 Å². The monoisotopic (exact) mass is 329 g/mol. The van der Waals surface area contributed by atoms with Crippen LogP contribution in [0.1, 0.15) is 22.3 Å². The van der Waals surface area contributed by atoms with Crippen LogP contribution in [0.5, 0.6) is 0 Å². The number of benzene rings is 2. The molecule has 1 amide bonds. The van der Waals surface area contributed by atoms with Gasteiger partial charge in [0.25, 0.3) is 5.91 Å². The van der Waals surface area contributed by atoms with Gasteiger partial charge in [-0.25, -0.2) is 4.79 Å². The molecule has 0 saturated carbocycles. The molecule has 2 aromatic rings. The molecule has 118 valence electrons. The van der Waals surface area contributed by atoms with Gasteiger partial charge in [-0.2, -0.15) is 0 Å². The first-order valence-electron chi connectivity index (χ1n) is 7.36. The smallest absolute Gasteiger partial charge is 0.328 e. The van der Waals surface area contributed by atoms with Crippen LogP contribution in [0.3, 0.4) is 0 Å². The molecule has 5 heteroatoms. The predicted molar refractivity (Wildman–Crippen MR) is 88.8 cm³/mol. The Balaban J connectivity index is 2.05. The molecule has 1 aliphatic rings. The van der Waals surface area contributed by atoms with E-state index in [2.05, 4.69) is 0 Å². The standard InChI is InChI=1S/C18H16ClNO3/c1-23-18(22)16-11-8-12-4-2-3-5-15(12)20(16)17(21)13-6-9-14(19)10-7-13/h2-7,9-10,16H,8,11H2,1H3/t16-/m0/s1. The van der Waals surface area contributed by atoms with Crippen molar-refractivity contribution in [2.24, 2.45) is 0 Å². The van der Waals surface area contributed by atoms with Gasteiger partial charge in [0.15, 0.2) is 0 Å². The number of anilines is 1. The lowest BCUT2D eigenvalue weighted by atomic mass is 9.94. The van der Waals surface area contributed by atoms with E-state index in [-0.39, 0.29) is 5.91 Å². The third-order valence-electron chi connectivity index (χ3n) is 4.03.